The first-order chi connectivity index (χ1) is 7.29. The summed E-state index contributed by atoms with van der Waals surface area (Å²) in [6.07, 6.45) is -0.189. The number of aliphatic hydroxyl groups excluding tert-OH is 1. The normalized spacial score (nSPS) is 13.6. The maximum Gasteiger partial charge on any atom is 0.182 e. The van der Waals surface area contributed by atoms with Crippen LogP contribution in [0.15, 0.2) is 17.0 Å². The molecule has 1 aromatic rings. The average Bonchev–Trinajstić information content (AvgIpc) is 2.14. The molecule has 0 aliphatic heterocycles. The van der Waals surface area contributed by atoms with Crippen molar-refractivity contribution in [2.24, 2.45) is 0 Å². The van der Waals surface area contributed by atoms with Crippen molar-refractivity contribution in [3.8, 4) is 5.75 Å². The first-order valence-corrected chi connectivity index (χ1v) is 6.42. The van der Waals surface area contributed by atoms with Gasteiger partial charge in [-0.1, -0.05) is 0 Å². The zero-order chi connectivity index (χ0) is 12.5. The highest BCUT2D eigenvalue weighted by Crippen LogP contribution is 2.31. The van der Waals surface area contributed by atoms with E-state index in [9.17, 15) is 17.9 Å². The van der Waals surface area contributed by atoms with Crippen molar-refractivity contribution in [2.75, 3.05) is 13.4 Å². The standard InChI is InChI=1S/C10H13FO4S/c1-6(12)7-4-5-8(15-2)10(9(7)11)16(3,13)14/h4-6,12H,1-3H3. The molecule has 0 saturated carbocycles. The predicted octanol–water partition coefficient (Wildman–Crippen LogP) is 1.29. The summed E-state index contributed by atoms with van der Waals surface area (Å²) in [7, 11) is -2.49. The fraction of sp³-hybridized carbons (Fsp3) is 0.400. The predicted molar refractivity (Wildman–Crippen MR) is 56.7 cm³/mol. The Hall–Kier alpha value is -1.14. The highest BCUT2D eigenvalue weighted by molar-refractivity contribution is 7.90. The number of hydrogen-bond donors (Lipinski definition) is 1. The molecule has 0 aliphatic carbocycles. The van der Waals surface area contributed by atoms with E-state index in [1.54, 1.807) is 0 Å². The molecule has 6 heteroatoms. The zero-order valence-corrected chi connectivity index (χ0v) is 10.0. The monoisotopic (exact) mass is 248 g/mol. The highest BCUT2D eigenvalue weighted by atomic mass is 32.2. The molecule has 0 aromatic heterocycles. The smallest absolute Gasteiger partial charge is 0.182 e. The van der Waals surface area contributed by atoms with Crippen molar-refractivity contribution in [1.29, 1.82) is 0 Å². The minimum atomic E-state index is -3.74. The van der Waals surface area contributed by atoms with Crippen molar-refractivity contribution in [1.82, 2.24) is 0 Å². The lowest BCUT2D eigenvalue weighted by atomic mass is 10.1. The lowest BCUT2D eigenvalue weighted by molar-refractivity contribution is 0.193. The molecular formula is C10H13FO4S. The summed E-state index contributed by atoms with van der Waals surface area (Å²) in [4.78, 5) is -0.520. The first-order valence-electron chi connectivity index (χ1n) is 4.53. The second-order valence-electron chi connectivity index (χ2n) is 3.45. The number of halogens is 1. The zero-order valence-electron chi connectivity index (χ0n) is 9.19. The van der Waals surface area contributed by atoms with Crippen LogP contribution in [0.1, 0.15) is 18.6 Å². The Kier molecular flexibility index (Phi) is 3.54. The maximum absolute atomic E-state index is 13.8. The maximum atomic E-state index is 13.8. The minimum Gasteiger partial charge on any atom is -0.495 e. The van der Waals surface area contributed by atoms with Crippen LogP contribution in [0.5, 0.6) is 5.75 Å². The van der Waals surface area contributed by atoms with Gasteiger partial charge >= 0.3 is 0 Å². The summed E-state index contributed by atoms with van der Waals surface area (Å²) in [5, 5.41) is 9.28. The van der Waals surface area contributed by atoms with E-state index < -0.39 is 26.7 Å². The van der Waals surface area contributed by atoms with Crippen LogP contribution in [-0.4, -0.2) is 26.9 Å². The fourth-order valence-corrected chi connectivity index (χ4v) is 2.34. The van der Waals surface area contributed by atoms with Crippen molar-refractivity contribution in [3.05, 3.63) is 23.5 Å². The van der Waals surface area contributed by atoms with Gasteiger partial charge in [0.25, 0.3) is 0 Å². The van der Waals surface area contributed by atoms with E-state index in [4.69, 9.17) is 4.74 Å². The van der Waals surface area contributed by atoms with E-state index in [2.05, 4.69) is 0 Å². The van der Waals surface area contributed by atoms with Gasteiger partial charge in [0.15, 0.2) is 15.7 Å². The van der Waals surface area contributed by atoms with E-state index in [-0.39, 0.29) is 11.3 Å². The van der Waals surface area contributed by atoms with E-state index in [0.29, 0.717) is 0 Å². The van der Waals surface area contributed by atoms with Crippen LogP contribution in [0.25, 0.3) is 0 Å². The Bertz CT molecular complexity index is 494. The molecule has 0 spiro atoms. The first kappa shape index (κ1) is 12.9. The minimum absolute atomic E-state index is 0.0654. The van der Waals surface area contributed by atoms with E-state index in [1.807, 2.05) is 0 Å². The SMILES string of the molecule is COc1ccc(C(C)O)c(F)c1S(C)(=O)=O. The summed E-state index contributed by atoms with van der Waals surface area (Å²) >= 11 is 0. The van der Waals surface area contributed by atoms with Gasteiger partial charge in [0.05, 0.1) is 13.2 Å². The Morgan fingerprint density at radius 1 is 1.44 bits per heavy atom. The summed E-state index contributed by atoms with van der Waals surface area (Å²) < 4.78 is 41.4. The molecule has 16 heavy (non-hydrogen) atoms. The van der Waals surface area contributed by atoms with Gasteiger partial charge in [0, 0.05) is 11.8 Å². The number of sulfone groups is 1. The van der Waals surface area contributed by atoms with E-state index in [0.717, 1.165) is 6.26 Å². The Morgan fingerprint density at radius 3 is 2.38 bits per heavy atom. The average molecular weight is 248 g/mol. The van der Waals surface area contributed by atoms with Gasteiger partial charge in [0.1, 0.15) is 10.6 Å². The molecule has 1 N–H and O–H groups in total. The van der Waals surface area contributed by atoms with Crippen LogP contribution in [-0.2, 0) is 9.84 Å². The van der Waals surface area contributed by atoms with Gasteiger partial charge in [-0.15, -0.1) is 0 Å². The van der Waals surface area contributed by atoms with Gasteiger partial charge in [0.2, 0.25) is 0 Å². The number of rotatable bonds is 3. The number of aliphatic hydroxyl groups is 1. The molecule has 0 saturated heterocycles. The fourth-order valence-electron chi connectivity index (χ4n) is 1.38. The Balaban J connectivity index is 3.60. The Labute approximate surface area is 93.6 Å². The summed E-state index contributed by atoms with van der Waals surface area (Å²) in [5.41, 5.74) is -0.0683. The summed E-state index contributed by atoms with van der Waals surface area (Å²) in [6.45, 7) is 1.36. The molecule has 1 rings (SSSR count). The molecule has 1 atom stereocenters. The van der Waals surface area contributed by atoms with E-state index >= 15 is 0 Å². The second kappa shape index (κ2) is 4.39. The van der Waals surface area contributed by atoms with Crippen molar-refractivity contribution >= 4 is 9.84 Å². The van der Waals surface area contributed by atoms with Gasteiger partial charge in [-0.3, -0.25) is 0 Å². The summed E-state index contributed by atoms with van der Waals surface area (Å²) in [5.74, 6) is -1.03. The number of hydrogen-bond acceptors (Lipinski definition) is 4. The highest BCUT2D eigenvalue weighted by Gasteiger charge is 2.24. The molecule has 1 unspecified atom stereocenters. The Morgan fingerprint density at radius 2 is 2.00 bits per heavy atom. The molecule has 0 fully saturated rings. The van der Waals surface area contributed by atoms with Crippen LogP contribution in [0.4, 0.5) is 4.39 Å². The molecule has 0 amide bonds. The number of methoxy groups -OCH3 is 1. The molecular weight excluding hydrogens is 235 g/mol. The van der Waals surface area contributed by atoms with Crippen LogP contribution in [0.2, 0.25) is 0 Å². The lowest BCUT2D eigenvalue weighted by Gasteiger charge is -2.12. The second-order valence-corrected chi connectivity index (χ2v) is 5.40. The van der Waals surface area contributed by atoms with Gasteiger partial charge in [-0.05, 0) is 19.1 Å². The molecule has 0 bridgehead atoms. The largest absolute Gasteiger partial charge is 0.495 e. The lowest BCUT2D eigenvalue weighted by Crippen LogP contribution is -2.08. The van der Waals surface area contributed by atoms with E-state index in [1.165, 1.54) is 26.2 Å². The van der Waals surface area contributed by atoms with Crippen LogP contribution < -0.4 is 4.74 Å². The third-order valence-corrected chi connectivity index (χ3v) is 3.25. The topological polar surface area (TPSA) is 63.6 Å². The summed E-state index contributed by atoms with van der Waals surface area (Å²) in [6, 6.07) is 2.62. The van der Waals surface area contributed by atoms with Crippen molar-refractivity contribution in [3.63, 3.8) is 0 Å². The molecule has 0 aliphatic rings. The van der Waals surface area contributed by atoms with Crippen molar-refractivity contribution < 1.29 is 22.7 Å². The molecule has 4 nitrogen and oxygen atoms in total. The number of ether oxygens (including phenoxy) is 1. The quantitative estimate of drug-likeness (QED) is 0.875. The van der Waals surface area contributed by atoms with Crippen LogP contribution in [0.3, 0.4) is 0 Å². The molecule has 0 radical (unpaired) electrons. The van der Waals surface area contributed by atoms with Crippen LogP contribution >= 0.6 is 0 Å². The number of benzene rings is 1. The molecule has 90 valence electrons. The van der Waals surface area contributed by atoms with Crippen LogP contribution in [0, 0.1) is 5.82 Å². The van der Waals surface area contributed by atoms with Crippen molar-refractivity contribution in [2.45, 2.75) is 17.9 Å². The third-order valence-electron chi connectivity index (χ3n) is 2.13. The molecule has 0 heterocycles. The third kappa shape index (κ3) is 2.33. The van der Waals surface area contributed by atoms with Gasteiger partial charge in [-0.25, -0.2) is 12.8 Å². The van der Waals surface area contributed by atoms with Gasteiger partial charge in [-0.2, -0.15) is 0 Å². The molecule has 1 aromatic carbocycles. The van der Waals surface area contributed by atoms with Gasteiger partial charge < -0.3 is 9.84 Å².